The van der Waals surface area contributed by atoms with Crippen LogP contribution in [0.5, 0.6) is 23.0 Å². The van der Waals surface area contributed by atoms with Gasteiger partial charge in [0, 0.05) is 51.1 Å². The van der Waals surface area contributed by atoms with Crippen molar-refractivity contribution in [3.63, 3.8) is 0 Å². The Morgan fingerprint density at radius 2 is 1.06 bits per heavy atom. The molecule has 3 heteroatoms. The van der Waals surface area contributed by atoms with E-state index in [-0.39, 0.29) is 16.2 Å². The summed E-state index contributed by atoms with van der Waals surface area (Å²) in [5.41, 5.74) is 20.1. The Bertz CT molecular complexity index is 3250. The van der Waals surface area contributed by atoms with Gasteiger partial charge in [0.25, 0.3) is 0 Å². The van der Waals surface area contributed by atoms with Crippen LogP contribution in [0.3, 0.4) is 0 Å². The van der Waals surface area contributed by atoms with E-state index in [0.717, 1.165) is 40.7 Å². The van der Waals surface area contributed by atoms with Crippen LogP contribution in [0.2, 0.25) is 0 Å². The lowest BCUT2D eigenvalue weighted by atomic mass is 9.63. The lowest BCUT2D eigenvalue weighted by Crippen LogP contribution is -2.37. The minimum absolute atomic E-state index is 0.141. The van der Waals surface area contributed by atoms with Crippen molar-refractivity contribution < 1.29 is 9.47 Å². The molecule has 0 radical (unpaired) electrons. The van der Waals surface area contributed by atoms with E-state index in [4.69, 9.17) is 9.47 Å². The normalized spacial score (nSPS) is 22.9. The third kappa shape index (κ3) is 4.52. The molecule has 308 valence electrons. The second-order valence-electron chi connectivity index (χ2n) is 19.9. The zero-order valence-electron chi connectivity index (χ0n) is 36.5. The van der Waals surface area contributed by atoms with Crippen LogP contribution >= 0.6 is 0 Å². The molecule has 1 saturated carbocycles. The van der Waals surface area contributed by atoms with Crippen LogP contribution in [0.25, 0.3) is 33.4 Å². The van der Waals surface area contributed by atoms with E-state index in [2.05, 4.69) is 215 Å². The standard InChI is InChI=1S/C61H47NO2/c1-59(2)46-20-10-5-15-39(46)43-28-25-36(33-52(43)59)62(37-26-29-44-40-16-6-11-21-47(40)60(3,4)53(44)34-37)38-27-31-54-56(35-38)63-55-32-30-51-57(58(55)64-54)45-19-9-14-24-50(45)61(51)48-22-12-7-17-41(48)42-18-8-13-23-49(42)61/h5-22,24-35,41,48-49H,23H2,1-4H3. The van der Waals surface area contributed by atoms with Crippen molar-refractivity contribution >= 4 is 17.1 Å². The van der Waals surface area contributed by atoms with Crippen molar-refractivity contribution in [1.29, 1.82) is 0 Å². The molecule has 0 amide bonds. The van der Waals surface area contributed by atoms with Crippen LogP contribution in [-0.2, 0) is 16.2 Å². The highest BCUT2D eigenvalue weighted by Gasteiger charge is 2.62. The van der Waals surface area contributed by atoms with Crippen LogP contribution in [0.1, 0.15) is 67.5 Å². The molecule has 1 aliphatic heterocycles. The molecule has 1 heterocycles. The highest BCUT2D eigenvalue weighted by atomic mass is 16.6. The van der Waals surface area contributed by atoms with Crippen molar-refractivity contribution in [2.24, 2.45) is 17.8 Å². The molecule has 0 saturated heterocycles. The van der Waals surface area contributed by atoms with Crippen LogP contribution in [0.15, 0.2) is 188 Å². The fraction of sp³-hybridized carbons (Fsp3) is 0.180. The SMILES string of the molecule is CC1(C)c2ccccc2-c2ccc(N(c3ccc4c(c3)Oc3ccc5c(c3O4)-c3ccccc3C53C4CC=CC=C4C4C=CC=CC43)c3ccc4c(c3)C(C)(C)c3ccccc3-4)cc21. The van der Waals surface area contributed by atoms with E-state index in [1.807, 2.05) is 0 Å². The highest BCUT2D eigenvalue weighted by Crippen LogP contribution is 2.70. The summed E-state index contributed by atoms with van der Waals surface area (Å²) in [6.07, 6.45) is 17.4. The first-order valence-electron chi connectivity index (χ1n) is 23.0. The molecule has 1 fully saturated rings. The molecule has 1 spiro atoms. The number of ether oxygens (including phenoxy) is 2. The molecule has 64 heavy (non-hydrogen) atoms. The van der Waals surface area contributed by atoms with E-state index in [1.165, 1.54) is 66.8 Å². The van der Waals surface area contributed by atoms with Crippen LogP contribution in [-0.4, -0.2) is 0 Å². The molecule has 0 aromatic heterocycles. The van der Waals surface area contributed by atoms with Gasteiger partial charge in [-0.2, -0.15) is 0 Å². The quantitative estimate of drug-likeness (QED) is 0.177. The van der Waals surface area contributed by atoms with E-state index in [9.17, 15) is 0 Å². The van der Waals surface area contributed by atoms with Gasteiger partial charge in [-0.1, -0.05) is 167 Å². The van der Waals surface area contributed by atoms with Crippen molar-refractivity contribution in [2.45, 2.75) is 50.4 Å². The third-order valence-electron chi connectivity index (χ3n) is 16.3. The smallest absolute Gasteiger partial charge is 0.178 e. The summed E-state index contributed by atoms with van der Waals surface area (Å²) in [4.78, 5) is 2.41. The maximum absolute atomic E-state index is 7.14. The van der Waals surface area contributed by atoms with E-state index in [1.54, 1.807) is 5.57 Å². The number of fused-ring (bicyclic) bond motifs is 19. The second kappa shape index (κ2) is 12.5. The molecule has 0 N–H and O–H groups in total. The topological polar surface area (TPSA) is 21.7 Å². The van der Waals surface area contributed by atoms with Crippen LogP contribution in [0.4, 0.5) is 17.1 Å². The van der Waals surface area contributed by atoms with Gasteiger partial charge in [-0.25, -0.2) is 0 Å². The molecule has 3 nitrogen and oxygen atoms in total. The summed E-state index contributed by atoms with van der Waals surface area (Å²) in [5.74, 6) is 4.06. The van der Waals surface area contributed by atoms with Crippen molar-refractivity contribution in [2.75, 3.05) is 4.90 Å². The monoisotopic (exact) mass is 825 g/mol. The molecule has 14 rings (SSSR count). The van der Waals surface area contributed by atoms with Gasteiger partial charge in [0.05, 0.1) is 5.69 Å². The lowest BCUT2D eigenvalue weighted by Gasteiger charge is -2.39. The summed E-state index contributed by atoms with van der Waals surface area (Å²) in [5, 5.41) is 0. The number of allylic oxidation sites excluding steroid dienone is 8. The molecule has 7 aliphatic rings. The van der Waals surface area contributed by atoms with E-state index < -0.39 is 0 Å². The molecular weight excluding hydrogens is 779 g/mol. The maximum Gasteiger partial charge on any atom is 0.178 e. The fourth-order valence-corrected chi connectivity index (χ4v) is 13.5. The molecule has 4 atom stereocenters. The van der Waals surface area contributed by atoms with Gasteiger partial charge < -0.3 is 14.4 Å². The number of benzene rings is 7. The van der Waals surface area contributed by atoms with E-state index >= 15 is 0 Å². The predicted octanol–water partition coefficient (Wildman–Crippen LogP) is 15.8. The summed E-state index contributed by atoms with van der Waals surface area (Å²) >= 11 is 0. The molecule has 7 aromatic rings. The Balaban J connectivity index is 0.906. The number of anilines is 3. The summed E-state index contributed by atoms with van der Waals surface area (Å²) in [6.45, 7) is 9.43. The Labute approximate surface area is 375 Å². The van der Waals surface area contributed by atoms with Gasteiger partial charge in [0.15, 0.2) is 23.0 Å². The van der Waals surface area contributed by atoms with Crippen molar-refractivity contribution in [3.05, 3.63) is 221 Å². The fourth-order valence-electron chi connectivity index (χ4n) is 13.5. The zero-order chi connectivity index (χ0) is 42.7. The maximum atomic E-state index is 7.14. The first-order valence-corrected chi connectivity index (χ1v) is 23.0. The summed E-state index contributed by atoms with van der Waals surface area (Å²) in [7, 11) is 0. The minimum atomic E-state index is -0.199. The Kier molecular flexibility index (Phi) is 7.13. The van der Waals surface area contributed by atoms with Crippen LogP contribution in [0, 0.1) is 17.8 Å². The van der Waals surface area contributed by atoms with Gasteiger partial charge in [0.1, 0.15) is 0 Å². The van der Waals surface area contributed by atoms with Crippen molar-refractivity contribution in [1.82, 2.24) is 0 Å². The van der Waals surface area contributed by atoms with Crippen molar-refractivity contribution in [3.8, 4) is 56.4 Å². The zero-order valence-corrected chi connectivity index (χ0v) is 36.5. The predicted molar refractivity (Wildman–Crippen MR) is 260 cm³/mol. The first kappa shape index (κ1) is 36.4. The Hall–Kier alpha value is -7.10. The molecular formula is C61H47NO2. The highest BCUT2D eigenvalue weighted by molar-refractivity contribution is 5.92. The van der Waals surface area contributed by atoms with E-state index in [0.29, 0.717) is 23.5 Å². The Morgan fingerprint density at radius 1 is 0.484 bits per heavy atom. The van der Waals surface area contributed by atoms with Crippen LogP contribution < -0.4 is 14.4 Å². The van der Waals surface area contributed by atoms with Gasteiger partial charge in [-0.15, -0.1) is 0 Å². The number of rotatable bonds is 3. The first-order chi connectivity index (χ1) is 31.2. The van der Waals surface area contributed by atoms with Gasteiger partial charge >= 0.3 is 0 Å². The number of hydrogen-bond donors (Lipinski definition) is 0. The second-order valence-corrected chi connectivity index (χ2v) is 19.9. The van der Waals surface area contributed by atoms with Gasteiger partial charge in [0.2, 0.25) is 0 Å². The molecule has 0 bridgehead atoms. The molecule has 7 aromatic carbocycles. The number of hydrogen-bond acceptors (Lipinski definition) is 3. The molecule has 6 aliphatic carbocycles. The lowest BCUT2D eigenvalue weighted by molar-refractivity contribution is 0.338. The minimum Gasteiger partial charge on any atom is -0.449 e. The molecule has 4 unspecified atom stereocenters. The average Bonchev–Trinajstić information content (AvgIpc) is 3.96. The average molecular weight is 826 g/mol. The third-order valence-corrected chi connectivity index (χ3v) is 16.3. The summed E-state index contributed by atoms with van der Waals surface area (Å²) < 4.78 is 14.2. The number of nitrogens with zero attached hydrogens (tertiary/aromatic N) is 1. The largest absolute Gasteiger partial charge is 0.449 e. The summed E-state index contributed by atoms with van der Waals surface area (Å²) in [6, 6.07) is 51.9. The van der Waals surface area contributed by atoms with Gasteiger partial charge in [-0.05, 0) is 116 Å². The van der Waals surface area contributed by atoms with Gasteiger partial charge in [-0.3, -0.25) is 0 Å². The Morgan fingerprint density at radius 3 is 1.77 bits per heavy atom.